The van der Waals surface area contributed by atoms with E-state index in [4.69, 9.17) is 16.6 Å². The molecule has 1 fully saturated rings. The van der Waals surface area contributed by atoms with Crippen molar-refractivity contribution in [2.45, 2.75) is 20.4 Å². The number of piperazine rings is 1. The minimum atomic E-state index is -0.469. The first-order valence-electron chi connectivity index (χ1n) is 10.3. The topological polar surface area (TPSA) is 79.2 Å². The summed E-state index contributed by atoms with van der Waals surface area (Å²) < 4.78 is 3.27. The SMILES string of the molecule is CC(C)CN1CCN(c2nc3c(c(=O)[nH]c(=O)n3C)n2Cc2ccccc2Cl)CC1. The maximum Gasteiger partial charge on any atom is 0.329 e. The number of aromatic nitrogens is 4. The summed E-state index contributed by atoms with van der Waals surface area (Å²) in [5.41, 5.74) is 0.763. The summed E-state index contributed by atoms with van der Waals surface area (Å²) in [5, 5.41) is 0.633. The molecule has 3 aromatic rings. The Labute approximate surface area is 179 Å². The lowest BCUT2D eigenvalue weighted by molar-refractivity contribution is 0.230. The fourth-order valence-electron chi connectivity index (χ4n) is 4.06. The maximum atomic E-state index is 12.7. The van der Waals surface area contributed by atoms with Crippen LogP contribution in [0.3, 0.4) is 0 Å². The Kier molecular flexibility index (Phi) is 5.71. The molecule has 0 radical (unpaired) electrons. The van der Waals surface area contributed by atoms with E-state index in [-0.39, 0.29) is 0 Å². The van der Waals surface area contributed by atoms with E-state index < -0.39 is 11.2 Å². The molecule has 30 heavy (non-hydrogen) atoms. The number of imidazole rings is 1. The summed E-state index contributed by atoms with van der Waals surface area (Å²) in [6, 6.07) is 7.57. The van der Waals surface area contributed by atoms with Crippen molar-refractivity contribution in [2.75, 3.05) is 37.6 Å². The monoisotopic (exact) mass is 430 g/mol. The number of H-pyrrole nitrogens is 1. The number of hydrogen-bond acceptors (Lipinski definition) is 5. The number of aryl methyl sites for hydroxylation is 1. The molecule has 2 aromatic heterocycles. The standard InChI is InChI=1S/C21H27ClN6O2/c1-14(2)12-26-8-10-27(11-9-26)20-23-18-17(19(29)24-21(30)25(18)3)28(20)13-15-6-4-5-7-16(15)22/h4-7,14H,8-13H2,1-3H3,(H,24,29,30). The molecule has 1 N–H and O–H groups in total. The van der Waals surface area contributed by atoms with E-state index >= 15 is 0 Å². The van der Waals surface area contributed by atoms with Gasteiger partial charge in [-0.05, 0) is 17.5 Å². The van der Waals surface area contributed by atoms with Crippen LogP contribution in [0.2, 0.25) is 5.02 Å². The van der Waals surface area contributed by atoms with Crippen molar-refractivity contribution in [3.05, 3.63) is 55.7 Å². The zero-order chi connectivity index (χ0) is 21.4. The number of aromatic amines is 1. The highest BCUT2D eigenvalue weighted by molar-refractivity contribution is 6.31. The molecule has 0 aliphatic carbocycles. The maximum absolute atomic E-state index is 12.7. The van der Waals surface area contributed by atoms with Gasteiger partial charge in [0.25, 0.3) is 5.56 Å². The third-order valence-corrected chi connectivity index (χ3v) is 5.92. The van der Waals surface area contributed by atoms with Crippen LogP contribution in [-0.4, -0.2) is 56.7 Å². The van der Waals surface area contributed by atoms with Crippen molar-refractivity contribution in [1.82, 2.24) is 24.0 Å². The van der Waals surface area contributed by atoms with Crippen molar-refractivity contribution < 1.29 is 0 Å². The van der Waals surface area contributed by atoms with Crippen LogP contribution >= 0.6 is 11.6 Å². The quantitative estimate of drug-likeness (QED) is 0.668. The van der Waals surface area contributed by atoms with E-state index in [1.165, 1.54) is 4.57 Å². The normalized spacial score (nSPS) is 15.4. The molecule has 1 saturated heterocycles. The summed E-state index contributed by atoms with van der Waals surface area (Å²) in [6.07, 6.45) is 0. The van der Waals surface area contributed by atoms with E-state index in [1.807, 2.05) is 28.8 Å². The smallest absolute Gasteiger partial charge is 0.329 e. The van der Waals surface area contributed by atoms with Gasteiger partial charge in [-0.25, -0.2) is 4.79 Å². The van der Waals surface area contributed by atoms with E-state index in [0.717, 1.165) is 38.3 Å². The van der Waals surface area contributed by atoms with Crippen molar-refractivity contribution in [3.63, 3.8) is 0 Å². The van der Waals surface area contributed by atoms with E-state index in [0.29, 0.717) is 34.6 Å². The zero-order valence-corrected chi connectivity index (χ0v) is 18.3. The number of halogens is 1. The van der Waals surface area contributed by atoms with Gasteiger partial charge in [-0.3, -0.25) is 23.8 Å². The molecule has 1 aliphatic heterocycles. The third-order valence-electron chi connectivity index (χ3n) is 5.55. The van der Waals surface area contributed by atoms with Crippen LogP contribution in [0.25, 0.3) is 11.2 Å². The average molecular weight is 431 g/mol. The minimum absolute atomic E-state index is 0.385. The summed E-state index contributed by atoms with van der Waals surface area (Å²) in [7, 11) is 1.62. The molecule has 0 spiro atoms. The summed E-state index contributed by atoms with van der Waals surface area (Å²) in [5.74, 6) is 1.32. The van der Waals surface area contributed by atoms with Crippen LogP contribution in [0, 0.1) is 5.92 Å². The molecule has 0 bridgehead atoms. The van der Waals surface area contributed by atoms with Gasteiger partial charge in [0.2, 0.25) is 5.95 Å². The van der Waals surface area contributed by atoms with Gasteiger partial charge in [-0.15, -0.1) is 0 Å². The molecule has 160 valence electrons. The van der Waals surface area contributed by atoms with Gasteiger partial charge in [0.05, 0.1) is 6.54 Å². The number of nitrogens with one attached hydrogen (secondary N) is 1. The Bertz CT molecular complexity index is 1170. The van der Waals surface area contributed by atoms with Gasteiger partial charge in [-0.2, -0.15) is 4.98 Å². The molecule has 0 unspecified atom stereocenters. The second-order valence-electron chi connectivity index (χ2n) is 8.26. The molecule has 8 nitrogen and oxygen atoms in total. The van der Waals surface area contributed by atoms with E-state index in [1.54, 1.807) is 7.05 Å². The molecule has 9 heteroatoms. The lowest BCUT2D eigenvalue weighted by Crippen LogP contribution is -2.48. The molecule has 4 rings (SSSR count). The third kappa shape index (κ3) is 3.89. The highest BCUT2D eigenvalue weighted by atomic mass is 35.5. The van der Waals surface area contributed by atoms with Crippen LogP contribution < -0.4 is 16.1 Å². The number of rotatable bonds is 5. The number of benzene rings is 1. The molecule has 1 aliphatic rings. The Hall–Kier alpha value is -2.58. The Morgan fingerprint density at radius 1 is 1.13 bits per heavy atom. The van der Waals surface area contributed by atoms with Crippen LogP contribution in [0.4, 0.5) is 5.95 Å². The van der Waals surface area contributed by atoms with Crippen molar-refractivity contribution in [3.8, 4) is 0 Å². The van der Waals surface area contributed by atoms with Gasteiger partial charge < -0.3 is 4.90 Å². The number of hydrogen-bond donors (Lipinski definition) is 1. The second-order valence-corrected chi connectivity index (χ2v) is 8.67. The van der Waals surface area contributed by atoms with Gasteiger partial charge in [-0.1, -0.05) is 43.6 Å². The largest absolute Gasteiger partial charge is 0.340 e. The Morgan fingerprint density at radius 2 is 1.83 bits per heavy atom. The second kappa shape index (κ2) is 8.28. The number of nitrogens with zero attached hydrogens (tertiary/aromatic N) is 5. The highest BCUT2D eigenvalue weighted by Gasteiger charge is 2.25. The zero-order valence-electron chi connectivity index (χ0n) is 17.6. The summed E-state index contributed by atoms with van der Waals surface area (Å²) in [4.78, 5) is 36.6. The Morgan fingerprint density at radius 3 is 2.50 bits per heavy atom. The number of anilines is 1. The van der Waals surface area contributed by atoms with Crippen LogP contribution in [0.15, 0.2) is 33.9 Å². The first-order valence-corrected chi connectivity index (χ1v) is 10.6. The van der Waals surface area contributed by atoms with Crippen LogP contribution in [-0.2, 0) is 13.6 Å². The predicted molar refractivity (Wildman–Crippen MR) is 120 cm³/mol. The molecule has 0 amide bonds. The minimum Gasteiger partial charge on any atom is -0.340 e. The fourth-order valence-corrected chi connectivity index (χ4v) is 4.25. The highest BCUT2D eigenvalue weighted by Crippen LogP contribution is 2.25. The molecule has 1 aromatic carbocycles. The predicted octanol–water partition coefficient (Wildman–Crippen LogP) is 1.90. The molecular weight excluding hydrogens is 404 g/mol. The van der Waals surface area contributed by atoms with Crippen LogP contribution in [0.5, 0.6) is 0 Å². The lowest BCUT2D eigenvalue weighted by Gasteiger charge is -2.36. The average Bonchev–Trinajstić information content (AvgIpc) is 3.08. The first-order chi connectivity index (χ1) is 14.3. The molecule has 0 saturated carbocycles. The molecule has 0 atom stereocenters. The van der Waals surface area contributed by atoms with Crippen molar-refractivity contribution >= 4 is 28.7 Å². The number of fused-ring (bicyclic) bond motifs is 1. The molecular formula is C21H27ClN6O2. The summed E-state index contributed by atoms with van der Waals surface area (Å²) in [6.45, 7) is 9.40. The fraction of sp³-hybridized carbons (Fsp3) is 0.476. The van der Waals surface area contributed by atoms with E-state index in [9.17, 15) is 9.59 Å². The first kappa shape index (κ1) is 20.7. The van der Waals surface area contributed by atoms with Crippen LogP contribution in [0.1, 0.15) is 19.4 Å². The lowest BCUT2D eigenvalue weighted by atomic mass is 10.2. The van der Waals surface area contributed by atoms with Gasteiger partial charge in [0, 0.05) is 44.8 Å². The van der Waals surface area contributed by atoms with Gasteiger partial charge >= 0.3 is 5.69 Å². The van der Waals surface area contributed by atoms with Gasteiger partial charge in [0.1, 0.15) is 0 Å². The van der Waals surface area contributed by atoms with E-state index in [2.05, 4.69) is 28.6 Å². The molecule has 3 heterocycles. The Balaban J connectivity index is 1.78. The van der Waals surface area contributed by atoms with Crippen molar-refractivity contribution in [2.24, 2.45) is 13.0 Å². The van der Waals surface area contributed by atoms with Crippen molar-refractivity contribution in [1.29, 1.82) is 0 Å². The summed E-state index contributed by atoms with van der Waals surface area (Å²) >= 11 is 6.40. The van der Waals surface area contributed by atoms with Gasteiger partial charge in [0.15, 0.2) is 11.2 Å².